The van der Waals surface area contributed by atoms with Crippen molar-refractivity contribution in [3.05, 3.63) is 29.9 Å². The van der Waals surface area contributed by atoms with E-state index in [0.29, 0.717) is 23.1 Å². The van der Waals surface area contributed by atoms with Crippen molar-refractivity contribution in [2.24, 2.45) is 0 Å². The third-order valence-corrected chi connectivity index (χ3v) is 4.01. The van der Waals surface area contributed by atoms with Crippen LogP contribution in [0.15, 0.2) is 27.2 Å². The monoisotopic (exact) mass is 304 g/mol. The van der Waals surface area contributed by atoms with Gasteiger partial charge in [0.15, 0.2) is 5.76 Å². The van der Waals surface area contributed by atoms with Gasteiger partial charge in [0, 0.05) is 6.04 Å². The highest BCUT2D eigenvalue weighted by Gasteiger charge is 2.22. The molecule has 1 saturated carbocycles. The number of oxazole rings is 1. The zero-order chi connectivity index (χ0) is 15.5. The highest BCUT2D eigenvalue weighted by molar-refractivity contribution is 5.78. The molecule has 0 bridgehead atoms. The Kier molecular flexibility index (Phi) is 4.29. The van der Waals surface area contributed by atoms with E-state index in [-0.39, 0.29) is 24.5 Å². The van der Waals surface area contributed by atoms with E-state index in [4.69, 9.17) is 8.83 Å². The van der Waals surface area contributed by atoms with Gasteiger partial charge >= 0.3 is 0 Å². The summed E-state index contributed by atoms with van der Waals surface area (Å²) in [7, 11) is 0. The molecule has 0 aromatic carbocycles. The summed E-state index contributed by atoms with van der Waals surface area (Å²) in [5.74, 6) is 1.51. The SMILES string of the molecule is Cc1oc(-c2ccco2)nc1CC(=O)NC1CCC(O)CC1. The summed E-state index contributed by atoms with van der Waals surface area (Å²) in [5, 5.41) is 12.5. The number of amides is 1. The zero-order valence-corrected chi connectivity index (χ0v) is 12.5. The first kappa shape index (κ1) is 14.8. The van der Waals surface area contributed by atoms with Gasteiger partial charge in [-0.15, -0.1) is 0 Å². The molecular formula is C16H20N2O4. The maximum atomic E-state index is 12.1. The van der Waals surface area contributed by atoms with Gasteiger partial charge in [-0.2, -0.15) is 0 Å². The van der Waals surface area contributed by atoms with Crippen LogP contribution in [-0.2, 0) is 11.2 Å². The molecule has 6 nitrogen and oxygen atoms in total. The van der Waals surface area contributed by atoms with Gasteiger partial charge in [0.25, 0.3) is 5.89 Å². The first-order valence-electron chi connectivity index (χ1n) is 7.59. The molecule has 6 heteroatoms. The lowest BCUT2D eigenvalue weighted by atomic mass is 9.93. The van der Waals surface area contributed by atoms with Gasteiger partial charge < -0.3 is 19.3 Å². The Morgan fingerprint density at radius 3 is 2.86 bits per heavy atom. The van der Waals surface area contributed by atoms with Crippen LogP contribution in [0.1, 0.15) is 37.1 Å². The lowest BCUT2D eigenvalue weighted by Gasteiger charge is -2.26. The molecule has 1 aliphatic carbocycles. The summed E-state index contributed by atoms with van der Waals surface area (Å²) in [5.41, 5.74) is 0.625. The van der Waals surface area contributed by atoms with Gasteiger partial charge in [-0.1, -0.05) is 0 Å². The molecule has 2 heterocycles. The fourth-order valence-corrected chi connectivity index (χ4v) is 2.75. The molecule has 0 atom stereocenters. The van der Waals surface area contributed by atoms with Gasteiger partial charge in [-0.3, -0.25) is 4.79 Å². The summed E-state index contributed by atoms with van der Waals surface area (Å²) in [4.78, 5) is 16.5. The number of hydrogen-bond acceptors (Lipinski definition) is 5. The summed E-state index contributed by atoms with van der Waals surface area (Å²) in [6, 6.07) is 3.67. The van der Waals surface area contributed by atoms with Crippen LogP contribution in [0.4, 0.5) is 0 Å². The second-order valence-corrected chi connectivity index (χ2v) is 5.75. The van der Waals surface area contributed by atoms with Crippen LogP contribution >= 0.6 is 0 Å². The molecule has 1 aliphatic rings. The van der Waals surface area contributed by atoms with E-state index in [0.717, 1.165) is 25.7 Å². The van der Waals surface area contributed by atoms with Crippen molar-refractivity contribution in [3.8, 4) is 11.7 Å². The van der Waals surface area contributed by atoms with Crippen molar-refractivity contribution in [1.29, 1.82) is 0 Å². The van der Waals surface area contributed by atoms with Crippen molar-refractivity contribution in [1.82, 2.24) is 10.3 Å². The van der Waals surface area contributed by atoms with E-state index in [1.54, 1.807) is 25.3 Å². The molecular weight excluding hydrogens is 284 g/mol. The first-order valence-corrected chi connectivity index (χ1v) is 7.59. The topological polar surface area (TPSA) is 88.5 Å². The van der Waals surface area contributed by atoms with E-state index < -0.39 is 0 Å². The largest absolute Gasteiger partial charge is 0.459 e. The summed E-state index contributed by atoms with van der Waals surface area (Å²) in [6.07, 6.45) is 4.66. The average molecular weight is 304 g/mol. The number of furan rings is 1. The normalized spacial score (nSPS) is 21.7. The number of aliphatic hydroxyl groups excluding tert-OH is 1. The van der Waals surface area contributed by atoms with Crippen molar-refractivity contribution >= 4 is 5.91 Å². The van der Waals surface area contributed by atoms with Gasteiger partial charge in [0.2, 0.25) is 5.91 Å². The molecule has 2 N–H and O–H groups in total. The quantitative estimate of drug-likeness (QED) is 0.904. The number of hydrogen-bond donors (Lipinski definition) is 2. The molecule has 3 rings (SSSR count). The van der Waals surface area contributed by atoms with E-state index in [2.05, 4.69) is 10.3 Å². The van der Waals surface area contributed by atoms with Crippen LogP contribution < -0.4 is 5.32 Å². The molecule has 22 heavy (non-hydrogen) atoms. The van der Waals surface area contributed by atoms with Crippen LogP contribution in [0.25, 0.3) is 11.7 Å². The van der Waals surface area contributed by atoms with Crippen molar-refractivity contribution in [2.75, 3.05) is 0 Å². The van der Waals surface area contributed by atoms with Gasteiger partial charge in [-0.05, 0) is 44.7 Å². The summed E-state index contributed by atoms with van der Waals surface area (Å²) < 4.78 is 10.8. The van der Waals surface area contributed by atoms with E-state index in [1.807, 2.05) is 0 Å². The molecule has 0 aliphatic heterocycles. The van der Waals surface area contributed by atoms with Gasteiger partial charge in [0.1, 0.15) is 5.76 Å². The first-order chi connectivity index (χ1) is 10.6. The van der Waals surface area contributed by atoms with Crippen molar-refractivity contribution in [3.63, 3.8) is 0 Å². The smallest absolute Gasteiger partial charge is 0.263 e. The van der Waals surface area contributed by atoms with Crippen LogP contribution in [-0.4, -0.2) is 28.1 Å². The summed E-state index contributed by atoms with van der Waals surface area (Å²) >= 11 is 0. The molecule has 1 amide bonds. The molecule has 0 saturated heterocycles. The number of carbonyl (C=O) groups is 1. The van der Waals surface area contributed by atoms with Crippen LogP contribution in [0.2, 0.25) is 0 Å². The fourth-order valence-electron chi connectivity index (χ4n) is 2.75. The Hall–Kier alpha value is -2.08. The van der Waals surface area contributed by atoms with E-state index >= 15 is 0 Å². The van der Waals surface area contributed by atoms with Gasteiger partial charge in [-0.25, -0.2) is 4.98 Å². The number of rotatable bonds is 4. The van der Waals surface area contributed by atoms with Crippen molar-refractivity contribution in [2.45, 2.75) is 51.2 Å². The van der Waals surface area contributed by atoms with Crippen LogP contribution in [0.3, 0.4) is 0 Å². The molecule has 0 spiro atoms. The number of nitrogens with one attached hydrogen (secondary N) is 1. The number of nitrogens with zero attached hydrogens (tertiary/aromatic N) is 1. The van der Waals surface area contributed by atoms with Gasteiger partial charge in [0.05, 0.1) is 24.5 Å². The predicted molar refractivity (Wildman–Crippen MR) is 79.1 cm³/mol. The van der Waals surface area contributed by atoms with Crippen LogP contribution in [0, 0.1) is 6.92 Å². The Bertz CT molecular complexity index is 625. The molecule has 2 aromatic heterocycles. The maximum absolute atomic E-state index is 12.1. The Balaban J connectivity index is 1.60. The second kappa shape index (κ2) is 6.36. The summed E-state index contributed by atoms with van der Waals surface area (Å²) in [6.45, 7) is 1.79. The predicted octanol–water partition coefficient (Wildman–Crippen LogP) is 2.21. The Morgan fingerprint density at radius 2 is 2.18 bits per heavy atom. The molecule has 0 radical (unpaired) electrons. The molecule has 2 aromatic rings. The number of aliphatic hydroxyl groups is 1. The van der Waals surface area contributed by atoms with Crippen molar-refractivity contribution < 1.29 is 18.7 Å². The zero-order valence-electron chi connectivity index (χ0n) is 12.5. The molecule has 0 unspecified atom stereocenters. The molecule has 118 valence electrons. The minimum Gasteiger partial charge on any atom is -0.459 e. The number of aromatic nitrogens is 1. The number of carbonyl (C=O) groups excluding carboxylic acids is 1. The lowest BCUT2D eigenvalue weighted by Crippen LogP contribution is -2.39. The standard InChI is InChI=1S/C16H20N2O4/c1-10-13(18-16(22-10)14-3-2-8-21-14)9-15(20)17-11-4-6-12(19)7-5-11/h2-3,8,11-12,19H,4-7,9H2,1H3,(H,17,20). The average Bonchev–Trinajstić information content (AvgIpc) is 3.12. The Morgan fingerprint density at radius 1 is 1.41 bits per heavy atom. The minimum absolute atomic E-state index is 0.0659. The van der Waals surface area contributed by atoms with Crippen LogP contribution in [0.5, 0.6) is 0 Å². The second-order valence-electron chi connectivity index (χ2n) is 5.75. The minimum atomic E-state index is -0.221. The fraction of sp³-hybridized carbons (Fsp3) is 0.500. The van der Waals surface area contributed by atoms with E-state index in [9.17, 15) is 9.90 Å². The molecule has 1 fully saturated rings. The third-order valence-electron chi connectivity index (χ3n) is 4.01. The third kappa shape index (κ3) is 3.39. The van der Waals surface area contributed by atoms with E-state index in [1.165, 1.54) is 0 Å². The Labute approximate surface area is 128 Å². The highest BCUT2D eigenvalue weighted by atomic mass is 16.4. The lowest BCUT2D eigenvalue weighted by molar-refractivity contribution is -0.121. The highest BCUT2D eigenvalue weighted by Crippen LogP contribution is 2.22. The number of aryl methyl sites for hydroxylation is 1. The maximum Gasteiger partial charge on any atom is 0.263 e.